The van der Waals surface area contributed by atoms with Crippen LogP contribution in [0, 0.1) is 5.92 Å². The highest BCUT2D eigenvalue weighted by molar-refractivity contribution is 9.10. The third-order valence-corrected chi connectivity index (χ3v) is 9.78. The number of aromatic nitrogens is 1. The Balaban J connectivity index is 1.36. The molecular formula is C28H19BrClN3O5S2. The van der Waals surface area contributed by atoms with Gasteiger partial charge in [0.05, 0.1) is 16.6 Å². The minimum Gasteiger partial charge on any atom is -0.483 e. The minimum atomic E-state index is -0.781. The SMILES string of the molecule is O=C(COc1ccc(Br)cc1[C@@H]1c2sc(=O)[nH]c2S[C@H]2C(=O)N(c3ccccc3)C(=O)[C@@H]12)Nc1ccc(Cl)cc1. The van der Waals surface area contributed by atoms with Gasteiger partial charge in [0, 0.05) is 31.5 Å². The highest BCUT2D eigenvalue weighted by atomic mass is 79.9. The molecule has 3 amide bonds. The number of anilines is 2. The van der Waals surface area contributed by atoms with Crippen molar-refractivity contribution >= 4 is 79.7 Å². The molecule has 2 aliphatic heterocycles. The molecule has 8 nitrogen and oxygen atoms in total. The number of hydrogen-bond donors (Lipinski definition) is 2. The Morgan fingerprint density at radius 1 is 1.02 bits per heavy atom. The molecule has 0 radical (unpaired) electrons. The van der Waals surface area contributed by atoms with Gasteiger partial charge in [-0.15, -0.1) is 0 Å². The fourth-order valence-electron chi connectivity index (χ4n) is 4.95. The number of nitrogens with one attached hydrogen (secondary N) is 2. The molecular weight excluding hydrogens is 638 g/mol. The number of thiazole rings is 1. The molecule has 3 aromatic carbocycles. The minimum absolute atomic E-state index is 0.276. The normalized spacial score (nSPS) is 19.8. The number of halogens is 2. The molecule has 3 heterocycles. The number of imide groups is 1. The first kappa shape index (κ1) is 26.8. The summed E-state index contributed by atoms with van der Waals surface area (Å²) in [6.07, 6.45) is 0. The zero-order valence-electron chi connectivity index (χ0n) is 20.4. The number of benzene rings is 3. The van der Waals surface area contributed by atoms with Gasteiger partial charge in [-0.05, 0) is 54.6 Å². The van der Waals surface area contributed by atoms with Crippen molar-refractivity contribution < 1.29 is 19.1 Å². The van der Waals surface area contributed by atoms with E-state index in [-0.39, 0.29) is 29.2 Å². The first-order valence-corrected chi connectivity index (χ1v) is 15.0. The fourth-order valence-corrected chi connectivity index (χ4v) is 7.96. The zero-order valence-corrected chi connectivity index (χ0v) is 24.4. The Morgan fingerprint density at radius 2 is 1.77 bits per heavy atom. The van der Waals surface area contributed by atoms with Crippen molar-refractivity contribution in [2.45, 2.75) is 16.2 Å². The molecule has 2 aliphatic rings. The van der Waals surface area contributed by atoms with Crippen LogP contribution in [0.3, 0.4) is 0 Å². The summed E-state index contributed by atoms with van der Waals surface area (Å²) in [7, 11) is 0. The van der Waals surface area contributed by atoms with Gasteiger partial charge in [-0.1, -0.05) is 68.8 Å². The molecule has 0 unspecified atom stereocenters. The number of rotatable bonds is 6. The number of carbonyl (C=O) groups excluding carboxylic acids is 3. The van der Waals surface area contributed by atoms with Crippen LogP contribution in [0.2, 0.25) is 5.02 Å². The number of thioether (sulfide) groups is 1. The molecule has 6 rings (SSSR count). The van der Waals surface area contributed by atoms with Gasteiger partial charge in [0.2, 0.25) is 11.8 Å². The summed E-state index contributed by atoms with van der Waals surface area (Å²) in [4.78, 5) is 57.1. The van der Waals surface area contributed by atoms with Crippen molar-refractivity contribution in [1.82, 2.24) is 4.98 Å². The summed E-state index contributed by atoms with van der Waals surface area (Å²) in [6, 6.07) is 20.8. The van der Waals surface area contributed by atoms with Gasteiger partial charge in [-0.2, -0.15) is 0 Å². The average molecular weight is 657 g/mol. The van der Waals surface area contributed by atoms with Crippen molar-refractivity contribution in [2.75, 3.05) is 16.8 Å². The average Bonchev–Trinajstić information content (AvgIpc) is 3.43. The summed E-state index contributed by atoms with van der Waals surface area (Å²) in [5.74, 6) is -2.14. The quantitative estimate of drug-likeness (QED) is 0.259. The van der Waals surface area contributed by atoms with Gasteiger partial charge in [0.1, 0.15) is 11.0 Å². The van der Waals surface area contributed by atoms with Crippen LogP contribution in [0.15, 0.2) is 87.1 Å². The smallest absolute Gasteiger partial charge is 0.305 e. The number of nitrogens with zero attached hydrogens (tertiary/aromatic N) is 1. The van der Waals surface area contributed by atoms with Crippen LogP contribution < -0.4 is 19.8 Å². The molecule has 1 fully saturated rings. The third kappa shape index (κ3) is 4.98. The summed E-state index contributed by atoms with van der Waals surface area (Å²) in [5.41, 5.74) is 1.66. The predicted octanol–water partition coefficient (Wildman–Crippen LogP) is 5.67. The molecule has 0 saturated carbocycles. The molecule has 3 atom stereocenters. The largest absolute Gasteiger partial charge is 0.483 e. The summed E-state index contributed by atoms with van der Waals surface area (Å²) in [6.45, 7) is -0.300. The highest BCUT2D eigenvalue weighted by Crippen LogP contribution is 2.54. The molecule has 0 bridgehead atoms. The van der Waals surface area contributed by atoms with Crippen LogP contribution in [0.5, 0.6) is 5.75 Å². The van der Waals surface area contributed by atoms with Crippen molar-refractivity contribution in [2.24, 2.45) is 5.92 Å². The predicted molar refractivity (Wildman–Crippen MR) is 159 cm³/mol. The molecule has 4 aromatic rings. The van der Waals surface area contributed by atoms with Crippen LogP contribution in [0.25, 0.3) is 0 Å². The first-order valence-electron chi connectivity index (χ1n) is 12.1. The summed E-state index contributed by atoms with van der Waals surface area (Å²) in [5, 5.41) is 3.13. The number of ether oxygens (including phenoxy) is 1. The number of fused-ring (bicyclic) bond motifs is 2. The van der Waals surface area contributed by atoms with Crippen molar-refractivity contribution in [3.8, 4) is 5.75 Å². The summed E-state index contributed by atoms with van der Waals surface area (Å²) >= 11 is 11.6. The fraction of sp³-hybridized carbons (Fsp3) is 0.143. The monoisotopic (exact) mass is 655 g/mol. The van der Waals surface area contributed by atoms with Crippen molar-refractivity contribution in [3.63, 3.8) is 0 Å². The molecule has 2 N–H and O–H groups in total. The van der Waals surface area contributed by atoms with Gasteiger partial charge in [-0.3, -0.25) is 19.2 Å². The van der Waals surface area contributed by atoms with Gasteiger partial charge in [0.15, 0.2) is 6.61 Å². The van der Waals surface area contributed by atoms with Crippen LogP contribution in [-0.4, -0.2) is 34.6 Å². The lowest BCUT2D eigenvalue weighted by Gasteiger charge is -2.31. The molecule has 202 valence electrons. The van der Waals surface area contributed by atoms with Gasteiger partial charge < -0.3 is 15.0 Å². The Labute approximate surface area is 249 Å². The Hall–Kier alpha value is -3.38. The highest BCUT2D eigenvalue weighted by Gasteiger charge is 2.56. The van der Waals surface area contributed by atoms with E-state index in [9.17, 15) is 19.2 Å². The van der Waals surface area contributed by atoms with E-state index >= 15 is 0 Å². The first-order chi connectivity index (χ1) is 19.3. The molecule has 40 heavy (non-hydrogen) atoms. The maximum atomic E-state index is 13.9. The summed E-state index contributed by atoms with van der Waals surface area (Å²) < 4.78 is 6.71. The standard InChI is InChI=1S/C28H19BrClN3O5S2/c29-14-6-11-19(38-13-20(34)31-16-9-7-15(30)8-10-16)18(12-14)21-22-24(39-25-23(21)40-28(37)32-25)27(36)33(26(22)35)17-4-2-1-3-5-17/h1-12,21-22,24H,13H2,(H,31,34)(H,32,37)/t21-,22-,24+/m0/s1. The topological polar surface area (TPSA) is 109 Å². The van der Waals surface area contributed by atoms with E-state index in [1.807, 2.05) is 6.07 Å². The molecule has 0 aliphatic carbocycles. The number of amides is 3. The van der Waals surface area contributed by atoms with Crippen molar-refractivity contribution in [3.05, 3.63) is 102 Å². The van der Waals surface area contributed by atoms with Gasteiger partial charge in [0.25, 0.3) is 5.91 Å². The second-order valence-corrected chi connectivity index (χ2v) is 12.6. The molecule has 1 saturated heterocycles. The lowest BCUT2D eigenvalue weighted by atomic mass is 9.82. The van der Waals surface area contributed by atoms with E-state index in [2.05, 4.69) is 26.2 Å². The van der Waals surface area contributed by atoms with Crippen LogP contribution in [-0.2, 0) is 14.4 Å². The number of aromatic amines is 1. The third-order valence-electron chi connectivity index (χ3n) is 6.63. The zero-order chi connectivity index (χ0) is 28.0. The molecule has 1 aromatic heterocycles. The lowest BCUT2D eigenvalue weighted by Crippen LogP contribution is -2.32. The second-order valence-electron chi connectivity index (χ2n) is 9.12. The van der Waals surface area contributed by atoms with Crippen LogP contribution >= 0.6 is 50.6 Å². The van der Waals surface area contributed by atoms with E-state index in [1.165, 1.54) is 16.7 Å². The van der Waals surface area contributed by atoms with E-state index in [0.29, 0.717) is 37.6 Å². The van der Waals surface area contributed by atoms with E-state index in [0.717, 1.165) is 15.8 Å². The second kappa shape index (κ2) is 10.9. The maximum absolute atomic E-state index is 13.9. The molecule has 0 spiro atoms. The van der Waals surface area contributed by atoms with Gasteiger partial charge in [-0.25, -0.2) is 4.90 Å². The number of hydrogen-bond acceptors (Lipinski definition) is 7. The Bertz CT molecular complexity index is 1690. The van der Waals surface area contributed by atoms with Crippen molar-refractivity contribution in [1.29, 1.82) is 0 Å². The van der Waals surface area contributed by atoms with E-state index in [1.54, 1.807) is 66.7 Å². The molecule has 12 heteroatoms. The Morgan fingerprint density at radius 3 is 2.52 bits per heavy atom. The van der Waals surface area contributed by atoms with Crippen LogP contribution in [0.4, 0.5) is 11.4 Å². The Kier molecular flexibility index (Phi) is 7.30. The van der Waals surface area contributed by atoms with E-state index < -0.39 is 17.1 Å². The van der Waals surface area contributed by atoms with Gasteiger partial charge >= 0.3 is 4.87 Å². The number of H-pyrrole nitrogens is 1. The number of para-hydroxylation sites is 1. The van der Waals surface area contributed by atoms with E-state index in [4.69, 9.17) is 16.3 Å². The van der Waals surface area contributed by atoms with Crippen LogP contribution in [0.1, 0.15) is 16.4 Å². The number of carbonyl (C=O) groups is 3. The lowest BCUT2D eigenvalue weighted by molar-refractivity contribution is -0.122. The maximum Gasteiger partial charge on any atom is 0.305 e.